The number of hydrogen-bond donors (Lipinski definition) is 2. The smallest absolute Gasteiger partial charge is 0.0102 e. The zero-order chi connectivity index (χ0) is 6.57. The van der Waals surface area contributed by atoms with Crippen molar-refractivity contribution in [1.82, 2.24) is 0 Å². The van der Waals surface area contributed by atoms with Gasteiger partial charge in [0, 0.05) is 18.2 Å². The normalized spacial score (nSPS) is 13.4. The number of nitrogens with one attached hydrogen (secondary N) is 1. The molecule has 0 aromatic rings. The van der Waals surface area contributed by atoms with Gasteiger partial charge in [-0.05, 0) is 13.3 Å². The summed E-state index contributed by atoms with van der Waals surface area (Å²) in [6, 6.07) is 0. The van der Waals surface area contributed by atoms with E-state index < -0.39 is 0 Å². The van der Waals surface area contributed by atoms with Gasteiger partial charge in [0.2, 0.25) is 0 Å². The molecule has 0 bridgehead atoms. The Morgan fingerprint density at radius 1 is 1.75 bits per heavy atom. The Bertz CT molecular complexity index is 74.6. The van der Waals surface area contributed by atoms with Crippen LogP contribution >= 0.6 is 0 Å². The molecular weight excluding hydrogens is 100 g/mol. The van der Waals surface area contributed by atoms with Gasteiger partial charge in [0.05, 0.1) is 0 Å². The number of rotatable bonds is 3. The minimum Gasteiger partial charge on any atom is -0.330 e. The molecule has 0 rings (SSSR count). The molecule has 0 aliphatic carbocycles. The molecular formula is C6H14N2. The summed E-state index contributed by atoms with van der Waals surface area (Å²) in [4.78, 5) is 0. The Kier molecular flexibility index (Phi) is 3.44. The fraction of sp³-hybridized carbons (Fsp3) is 0.833. The molecule has 2 heteroatoms. The van der Waals surface area contributed by atoms with Crippen LogP contribution in [0.15, 0.2) is 0 Å². The maximum atomic E-state index is 7.17. The molecule has 0 spiro atoms. The third kappa shape index (κ3) is 2.07. The van der Waals surface area contributed by atoms with Crippen molar-refractivity contribution in [2.24, 2.45) is 11.7 Å². The Labute approximate surface area is 50.6 Å². The molecule has 48 valence electrons. The summed E-state index contributed by atoms with van der Waals surface area (Å²) >= 11 is 0. The third-order valence-electron chi connectivity index (χ3n) is 1.39. The summed E-state index contributed by atoms with van der Waals surface area (Å²) in [6.45, 7) is 4.47. The van der Waals surface area contributed by atoms with E-state index in [9.17, 15) is 0 Å². The maximum absolute atomic E-state index is 7.17. The minimum absolute atomic E-state index is 0.315. The Balaban J connectivity index is 3.52. The lowest BCUT2D eigenvalue weighted by Crippen LogP contribution is -2.19. The average molecular weight is 114 g/mol. The Morgan fingerprint density at radius 3 is 2.25 bits per heavy atom. The van der Waals surface area contributed by atoms with E-state index in [1.807, 2.05) is 0 Å². The molecule has 0 aliphatic heterocycles. The van der Waals surface area contributed by atoms with Gasteiger partial charge in [0.1, 0.15) is 0 Å². The van der Waals surface area contributed by atoms with Crippen LogP contribution < -0.4 is 5.73 Å². The van der Waals surface area contributed by atoms with Crippen LogP contribution in [0.3, 0.4) is 0 Å². The van der Waals surface area contributed by atoms with E-state index >= 15 is 0 Å². The van der Waals surface area contributed by atoms with Crippen LogP contribution in [0.1, 0.15) is 20.3 Å². The molecule has 1 unspecified atom stereocenters. The molecule has 3 N–H and O–H groups in total. The Morgan fingerprint density at radius 2 is 2.25 bits per heavy atom. The molecule has 0 heterocycles. The fourth-order valence-corrected chi connectivity index (χ4v) is 0.650. The van der Waals surface area contributed by atoms with Crippen LogP contribution in [-0.4, -0.2) is 12.3 Å². The first-order valence-electron chi connectivity index (χ1n) is 2.97. The second kappa shape index (κ2) is 3.61. The average Bonchev–Trinajstić information content (AvgIpc) is 1.69. The molecule has 8 heavy (non-hydrogen) atoms. The van der Waals surface area contributed by atoms with Crippen LogP contribution in [0.2, 0.25) is 0 Å². The highest BCUT2D eigenvalue weighted by atomic mass is 14.6. The van der Waals surface area contributed by atoms with E-state index in [-0.39, 0.29) is 0 Å². The van der Waals surface area contributed by atoms with E-state index in [0.717, 1.165) is 6.42 Å². The fourth-order valence-electron chi connectivity index (χ4n) is 0.650. The van der Waals surface area contributed by atoms with Crippen LogP contribution in [0, 0.1) is 11.3 Å². The molecule has 0 saturated carbocycles. The van der Waals surface area contributed by atoms with E-state index in [0.29, 0.717) is 18.2 Å². The highest BCUT2D eigenvalue weighted by Crippen LogP contribution is 1.99. The summed E-state index contributed by atoms with van der Waals surface area (Å²) < 4.78 is 0. The monoisotopic (exact) mass is 114 g/mol. The molecule has 0 aliphatic rings. The SMILES string of the molecule is CCC(CN)C(C)=N. The topological polar surface area (TPSA) is 49.9 Å². The maximum Gasteiger partial charge on any atom is 0.0102 e. The number of nitrogens with two attached hydrogens (primary N) is 1. The van der Waals surface area contributed by atoms with Gasteiger partial charge in [-0.3, -0.25) is 0 Å². The van der Waals surface area contributed by atoms with Gasteiger partial charge >= 0.3 is 0 Å². The minimum atomic E-state index is 0.315. The lowest BCUT2D eigenvalue weighted by Gasteiger charge is -2.07. The first-order chi connectivity index (χ1) is 3.72. The van der Waals surface area contributed by atoms with E-state index in [4.69, 9.17) is 11.1 Å². The van der Waals surface area contributed by atoms with E-state index in [2.05, 4.69) is 6.92 Å². The van der Waals surface area contributed by atoms with Crippen LogP contribution in [0.5, 0.6) is 0 Å². The second-order valence-electron chi connectivity index (χ2n) is 2.02. The van der Waals surface area contributed by atoms with Crippen LogP contribution in [-0.2, 0) is 0 Å². The number of hydrogen-bond acceptors (Lipinski definition) is 2. The molecule has 0 amide bonds. The van der Waals surface area contributed by atoms with Crippen LogP contribution in [0.25, 0.3) is 0 Å². The highest BCUT2D eigenvalue weighted by Gasteiger charge is 2.03. The van der Waals surface area contributed by atoms with Gasteiger partial charge in [-0.2, -0.15) is 0 Å². The lowest BCUT2D eigenvalue weighted by molar-refractivity contribution is 0.671. The molecule has 0 radical (unpaired) electrons. The van der Waals surface area contributed by atoms with Crippen molar-refractivity contribution in [3.8, 4) is 0 Å². The summed E-state index contributed by atoms with van der Waals surface area (Å²) in [7, 11) is 0. The third-order valence-corrected chi connectivity index (χ3v) is 1.39. The molecule has 0 saturated heterocycles. The summed E-state index contributed by atoms with van der Waals surface area (Å²) in [5, 5.41) is 7.17. The largest absolute Gasteiger partial charge is 0.330 e. The van der Waals surface area contributed by atoms with Gasteiger partial charge in [-0.25, -0.2) is 0 Å². The molecule has 1 atom stereocenters. The zero-order valence-electron chi connectivity index (χ0n) is 5.57. The molecule has 2 nitrogen and oxygen atoms in total. The summed E-state index contributed by atoms with van der Waals surface area (Å²) in [6.07, 6.45) is 0.992. The standard InChI is InChI=1S/C6H14N2/c1-3-6(4-7)5(2)8/h6,8H,3-4,7H2,1-2H3. The Hall–Kier alpha value is -0.370. The van der Waals surface area contributed by atoms with Gasteiger partial charge in [0.25, 0.3) is 0 Å². The van der Waals surface area contributed by atoms with Crippen molar-refractivity contribution in [1.29, 1.82) is 5.41 Å². The zero-order valence-corrected chi connectivity index (χ0v) is 5.57. The van der Waals surface area contributed by atoms with Gasteiger partial charge < -0.3 is 11.1 Å². The molecule has 0 aromatic carbocycles. The quantitative estimate of drug-likeness (QED) is 0.528. The van der Waals surface area contributed by atoms with Gasteiger partial charge in [-0.1, -0.05) is 6.92 Å². The van der Waals surface area contributed by atoms with Crippen molar-refractivity contribution in [2.75, 3.05) is 6.54 Å². The van der Waals surface area contributed by atoms with Crippen molar-refractivity contribution in [3.05, 3.63) is 0 Å². The molecule has 0 aromatic heterocycles. The predicted octanol–water partition coefficient (Wildman–Crippen LogP) is 1.01. The van der Waals surface area contributed by atoms with Crippen molar-refractivity contribution in [3.63, 3.8) is 0 Å². The second-order valence-corrected chi connectivity index (χ2v) is 2.02. The highest BCUT2D eigenvalue weighted by molar-refractivity contribution is 5.81. The lowest BCUT2D eigenvalue weighted by atomic mass is 10.0. The first-order valence-corrected chi connectivity index (χ1v) is 2.97. The van der Waals surface area contributed by atoms with E-state index in [1.54, 1.807) is 6.92 Å². The predicted molar refractivity (Wildman–Crippen MR) is 36.2 cm³/mol. The first kappa shape index (κ1) is 7.63. The van der Waals surface area contributed by atoms with Crippen molar-refractivity contribution < 1.29 is 0 Å². The molecule has 0 fully saturated rings. The summed E-state index contributed by atoms with van der Waals surface area (Å²) in [5.41, 5.74) is 6.05. The van der Waals surface area contributed by atoms with Gasteiger partial charge in [0.15, 0.2) is 0 Å². The van der Waals surface area contributed by atoms with Crippen LogP contribution in [0.4, 0.5) is 0 Å². The summed E-state index contributed by atoms with van der Waals surface area (Å²) in [5.74, 6) is 0.315. The van der Waals surface area contributed by atoms with E-state index in [1.165, 1.54) is 0 Å². The van der Waals surface area contributed by atoms with Crippen molar-refractivity contribution in [2.45, 2.75) is 20.3 Å². The van der Waals surface area contributed by atoms with Gasteiger partial charge in [-0.15, -0.1) is 0 Å². The van der Waals surface area contributed by atoms with Crippen molar-refractivity contribution >= 4 is 5.71 Å².